The third-order valence-corrected chi connectivity index (χ3v) is 5.61. The molecular formula is C23H29N3O6S. The Bertz CT molecular complexity index is 936. The normalized spacial score (nSPS) is 13.5. The second-order valence-corrected chi connectivity index (χ2v) is 8.58. The maximum atomic E-state index is 12.9. The van der Waals surface area contributed by atoms with Gasteiger partial charge in [0.1, 0.15) is 23.6 Å². The minimum absolute atomic E-state index is 0.0581. The number of nitrogens with one attached hydrogen (secondary N) is 2. The van der Waals surface area contributed by atoms with E-state index in [0.29, 0.717) is 11.3 Å². The van der Waals surface area contributed by atoms with Crippen LogP contribution in [-0.2, 0) is 27.2 Å². The lowest BCUT2D eigenvalue weighted by molar-refractivity contribution is -0.142. The number of carboxylic acids is 1. The van der Waals surface area contributed by atoms with Gasteiger partial charge in [0, 0.05) is 6.42 Å². The van der Waals surface area contributed by atoms with Gasteiger partial charge in [0.15, 0.2) is 0 Å². The summed E-state index contributed by atoms with van der Waals surface area (Å²) in [6.45, 7) is 0. The van der Waals surface area contributed by atoms with E-state index in [1.165, 1.54) is 36.0 Å². The van der Waals surface area contributed by atoms with Crippen molar-refractivity contribution in [2.75, 3.05) is 12.0 Å². The van der Waals surface area contributed by atoms with E-state index in [2.05, 4.69) is 10.6 Å². The van der Waals surface area contributed by atoms with Crippen molar-refractivity contribution in [2.45, 2.75) is 37.4 Å². The minimum atomic E-state index is -1.16. The molecule has 2 amide bonds. The molecule has 2 aromatic rings. The highest BCUT2D eigenvalue weighted by molar-refractivity contribution is 7.98. The fourth-order valence-corrected chi connectivity index (χ4v) is 3.57. The van der Waals surface area contributed by atoms with Crippen LogP contribution in [0.5, 0.6) is 11.5 Å². The standard InChI is InChI=1S/C23H29N3O6S/c1-33-11-10-19(23(31)32)25-22(30)20(13-15-4-8-17(28)9-5-15)26-21(29)18(24)12-14-2-6-16(27)7-3-14/h2-9,18-20,27-28H,10-13,24H2,1H3,(H,25,30)(H,26,29)(H,31,32). The average Bonchev–Trinajstić information content (AvgIpc) is 2.78. The van der Waals surface area contributed by atoms with E-state index in [-0.39, 0.29) is 30.8 Å². The lowest BCUT2D eigenvalue weighted by Gasteiger charge is -2.23. The summed E-state index contributed by atoms with van der Waals surface area (Å²) in [6, 6.07) is 9.29. The number of thioether (sulfide) groups is 1. The van der Waals surface area contributed by atoms with Crippen molar-refractivity contribution < 1.29 is 29.7 Å². The van der Waals surface area contributed by atoms with Crippen LogP contribution >= 0.6 is 11.8 Å². The van der Waals surface area contributed by atoms with Gasteiger partial charge in [-0.2, -0.15) is 11.8 Å². The van der Waals surface area contributed by atoms with Gasteiger partial charge in [-0.3, -0.25) is 9.59 Å². The summed E-state index contributed by atoms with van der Waals surface area (Å²) < 4.78 is 0. The van der Waals surface area contributed by atoms with Gasteiger partial charge in [-0.1, -0.05) is 24.3 Å². The molecule has 33 heavy (non-hydrogen) atoms. The van der Waals surface area contributed by atoms with Crippen molar-refractivity contribution >= 4 is 29.5 Å². The van der Waals surface area contributed by atoms with Crippen LogP contribution in [0.15, 0.2) is 48.5 Å². The molecule has 0 saturated heterocycles. The highest BCUT2D eigenvalue weighted by atomic mass is 32.2. The van der Waals surface area contributed by atoms with Gasteiger partial charge in [-0.25, -0.2) is 4.79 Å². The SMILES string of the molecule is CSCCC(NC(=O)C(Cc1ccc(O)cc1)NC(=O)C(N)Cc1ccc(O)cc1)C(=O)O. The second kappa shape index (κ2) is 12.7. The second-order valence-electron chi connectivity index (χ2n) is 7.59. The minimum Gasteiger partial charge on any atom is -0.508 e. The van der Waals surface area contributed by atoms with Crippen LogP contribution in [0.1, 0.15) is 17.5 Å². The molecule has 0 saturated carbocycles. The quantitative estimate of drug-likeness (QED) is 0.265. The average molecular weight is 476 g/mol. The lowest BCUT2D eigenvalue weighted by Crippen LogP contribution is -2.55. The molecule has 0 heterocycles. The van der Waals surface area contributed by atoms with Gasteiger partial charge < -0.3 is 31.7 Å². The number of carbonyl (C=O) groups excluding carboxylic acids is 2. The maximum Gasteiger partial charge on any atom is 0.326 e. The molecule has 3 unspecified atom stereocenters. The number of aromatic hydroxyl groups is 2. The molecule has 0 aliphatic heterocycles. The number of benzene rings is 2. The Kier molecular flexibility index (Phi) is 10.0. The number of aliphatic carboxylic acids is 1. The number of nitrogens with two attached hydrogens (primary N) is 1. The first-order valence-electron chi connectivity index (χ1n) is 10.3. The lowest BCUT2D eigenvalue weighted by atomic mass is 10.0. The molecule has 7 N–H and O–H groups in total. The zero-order chi connectivity index (χ0) is 24.4. The van der Waals surface area contributed by atoms with Gasteiger partial charge in [0.2, 0.25) is 11.8 Å². The van der Waals surface area contributed by atoms with E-state index >= 15 is 0 Å². The van der Waals surface area contributed by atoms with E-state index in [1.54, 1.807) is 24.3 Å². The number of carboxylic acid groups (broad SMARTS) is 1. The first-order valence-corrected chi connectivity index (χ1v) is 11.7. The number of rotatable bonds is 12. The predicted molar refractivity (Wildman–Crippen MR) is 126 cm³/mol. The number of hydrogen-bond donors (Lipinski definition) is 6. The van der Waals surface area contributed by atoms with Crippen molar-refractivity contribution in [1.29, 1.82) is 0 Å². The molecule has 9 nitrogen and oxygen atoms in total. The number of carbonyl (C=O) groups is 3. The van der Waals surface area contributed by atoms with Crippen molar-refractivity contribution in [3.8, 4) is 11.5 Å². The summed E-state index contributed by atoms with van der Waals surface area (Å²) in [4.78, 5) is 37.2. The molecule has 0 bridgehead atoms. The van der Waals surface area contributed by atoms with E-state index in [4.69, 9.17) is 5.73 Å². The number of phenolic OH excluding ortho intramolecular Hbond substituents is 2. The van der Waals surface area contributed by atoms with Crippen molar-refractivity contribution in [3.05, 3.63) is 59.7 Å². The number of hydrogen-bond acceptors (Lipinski definition) is 7. The van der Waals surface area contributed by atoms with Crippen LogP contribution in [0.4, 0.5) is 0 Å². The summed E-state index contributed by atoms with van der Waals surface area (Å²) in [5, 5.41) is 33.4. The van der Waals surface area contributed by atoms with E-state index in [1.807, 2.05) is 6.26 Å². The first-order chi connectivity index (χ1) is 15.7. The van der Waals surface area contributed by atoms with E-state index in [0.717, 1.165) is 5.56 Å². The van der Waals surface area contributed by atoms with Gasteiger partial charge >= 0.3 is 5.97 Å². The zero-order valence-corrected chi connectivity index (χ0v) is 19.0. The Morgan fingerprint density at radius 2 is 1.33 bits per heavy atom. The third kappa shape index (κ3) is 8.66. The van der Waals surface area contributed by atoms with E-state index < -0.39 is 35.9 Å². The Balaban J connectivity index is 2.13. The van der Waals surface area contributed by atoms with Crippen molar-refractivity contribution in [3.63, 3.8) is 0 Å². The summed E-state index contributed by atoms with van der Waals surface area (Å²) in [7, 11) is 0. The number of amides is 2. The molecule has 178 valence electrons. The molecule has 10 heteroatoms. The highest BCUT2D eigenvalue weighted by Gasteiger charge is 2.28. The Hall–Kier alpha value is -3.24. The highest BCUT2D eigenvalue weighted by Crippen LogP contribution is 2.13. The van der Waals surface area contributed by atoms with Crippen LogP contribution in [-0.4, -0.2) is 63.2 Å². The molecule has 0 radical (unpaired) electrons. The molecule has 2 aromatic carbocycles. The summed E-state index contributed by atoms with van der Waals surface area (Å²) >= 11 is 1.46. The topological polar surface area (TPSA) is 162 Å². The largest absolute Gasteiger partial charge is 0.508 e. The smallest absolute Gasteiger partial charge is 0.326 e. The van der Waals surface area contributed by atoms with Crippen LogP contribution in [0.2, 0.25) is 0 Å². The van der Waals surface area contributed by atoms with Crippen LogP contribution < -0.4 is 16.4 Å². The maximum absolute atomic E-state index is 12.9. The Labute approximate surface area is 196 Å². The summed E-state index contributed by atoms with van der Waals surface area (Å²) in [6.07, 6.45) is 2.34. The van der Waals surface area contributed by atoms with Gasteiger partial charge in [-0.05, 0) is 60.2 Å². The molecule has 3 atom stereocenters. The monoisotopic (exact) mass is 475 g/mol. The van der Waals surface area contributed by atoms with Crippen LogP contribution in [0.3, 0.4) is 0 Å². The molecule has 2 rings (SSSR count). The molecule has 0 aromatic heterocycles. The van der Waals surface area contributed by atoms with Gasteiger partial charge in [0.25, 0.3) is 0 Å². The first kappa shape index (κ1) is 26.0. The zero-order valence-electron chi connectivity index (χ0n) is 18.2. The predicted octanol–water partition coefficient (Wildman–Crippen LogP) is 1.02. The third-order valence-electron chi connectivity index (χ3n) is 4.96. The molecule has 0 spiro atoms. The molecular weight excluding hydrogens is 446 g/mol. The van der Waals surface area contributed by atoms with Crippen LogP contribution in [0, 0.1) is 0 Å². The number of phenols is 2. The van der Waals surface area contributed by atoms with Crippen LogP contribution in [0.25, 0.3) is 0 Å². The Morgan fingerprint density at radius 3 is 1.82 bits per heavy atom. The fraction of sp³-hybridized carbons (Fsp3) is 0.348. The van der Waals surface area contributed by atoms with Crippen molar-refractivity contribution in [2.24, 2.45) is 5.73 Å². The Morgan fingerprint density at radius 1 is 0.848 bits per heavy atom. The molecule has 0 aliphatic carbocycles. The molecule has 0 fully saturated rings. The fourth-order valence-electron chi connectivity index (χ4n) is 3.10. The van der Waals surface area contributed by atoms with Gasteiger partial charge in [0.05, 0.1) is 6.04 Å². The summed E-state index contributed by atoms with van der Waals surface area (Å²) in [5.41, 5.74) is 7.43. The van der Waals surface area contributed by atoms with Gasteiger partial charge in [-0.15, -0.1) is 0 Å². The van der Waals surface area contributed by atoms with Crippen molar-refractivity contribution in [1.82, 2.24) is 10.6 Å². The molecule has 0 aliphatic rings. The van der Waals surface area contributed by atoms with E-state index in [9.17, 15) is 29.7 Å². The summed E-state index contributed by atoms with van der Waals surface area (Å²) in [5.74, 6) is -1.67.